The number of benzene rings is 3. The van der Waals surface area contributed by atoms with Gasteiger partial charge < -0.3 is 29.6 Å². The molecule has 0 saturated heterocycles. The molecule has 1 unspecified atom stereocenters. The summed E-state index contributed by atoms with van der Waals surface area (Å²) in [6.45, 7) is 2.63. The summed E-state index contributed by atoms with van der Waals surface area (Å²) in [6, 6.07) is 26.2. The van der Waals surface area contributed by atoms with Crippen molar-refractivity contribution in [2.45, 2.75) is 38.4 Å². The molecule has 7 nitrogen and oxygen atoms in total. The van der Waals surface area contributed by atoms with Gasteiger partial charge in [0.05, 0.1) is 18.3 Å². The quantitative estimate of drug-likeness (QED) is 0.355. The van der Waals surface area contributed by atoms with Crippen molar-refractivity contribution in [2.75, 3.05) is 13.2 Å². The zero-order valence-corrected chi connectivity index (χ0v) is 22.2. The van der Waals surface area contributed by atoms with Crippen LogP contribution in [0.15, 0.2) is 91.3 Å². The second-order valence-corrected chi connectivity index (χ2v) is 10.6. The number of fused-ring (bicyclic) bond motifs is 12. The van der Waals surface area contributed by atoms with Gasteiger partial charge in [-0.1, -0.05) is 66.7 Å². The predicted molar refractivity (Wildman–Crippen MR) is 157 cm³/mol. The maximum absolute atomic E-state index is 14.3. The van der Waals surface area contributed by atoms with Crippen LogP contribution in [0.4, 0.5) is 0 Å². The monoisotopic (exact) mass is 532 g/mol. The zero-order chi connectivity index (χ0) is 27.2. The number of carbonyl (C=O) groups excluding carboxylic acids is 1. The van der Waals surface area contributed by atoms with Gasteiger partial charge in [0.15, 0.2) is 6.23 Å². The van der Waals surface area contributed by atoms with Gasteiger partial charge in [0.1, 0.15) is 0 Å². The van der Waals surface area contributed by atoms with E-state index in [0.717, 1.165) is 51.5 Å². The number of nitrogens with zero attached hydrogens (tertiary/aromatic N) is 3. The van der Waals surface area contributed by atoms with E-state index in [2.05, 4.69) is 39.6 Å². The van der Waals surface area contributed by atoms with Gasteiger partial charge in [0.25, 0.3) is 5.91 Å². The van der Waals surface area contributed by atoms with E-state index >= 15 is 0 Å². The number of para-hydroxylation sites is 2. The molecule has 0 spiro atoms. The van der Waals surface area contributed by atoms with E-state index < -0.39 is 6.23 Å². The molecule has 0 saturated carbocycles. The molecule has 4 bridgehead atoms. The molecule has 3 N–H and O–H groups in total. The molecule has 7 rings (SSSR count). The van der Waals surface area contributed by atoms with Crippen molar-refractivity contribution < 1.29 is 14.6 Å². The Balaban J connectivity index is 1.48. The summed E-state index contributed by atoms with van der Waals surface area (Å²) in [5.41, 5.74) is 12.1. The van der Waals surface area contributed by atoms with Crippen LogP contribution in [0.2, 0.25) is 0 Å². The molecular formula is C33H32N4O3. The first kappa shape index (κ1) is 24.8. The first-order valence-corrected chi connectivity index (χ1v) is 13.9. The summed E-state index contributed by atoms with van der Waals surface area (Å²) in [4.78, 5) is 15.9. The Hall–Kier alpha value is -4.17. The minimum Gasteiger partial charge on any atom is -0.375 e. The van der Waals surface area contributed by atoms with Crippen LogP contribution in [0, 0.1) is 0 Å². The average molecular weight is 533 g/mol. The van der Waals surface area contributed by atoms with Crippen molar-refractivity contribution >= 4 is 38.9 Å². The molecule has 0 radical (unpaired) electrons. The molecule has 0 aliphatic carbocycles. The molecule has 2 aliphatic rings. The molecule has 202 valence electrons. The van der Waals surface area contributed by atoms with Crippen molar-refractivity contribution in [2.24, 2.45) is 5.73 Å². The molecule has 5 aromatic rings. The van der Waals surface area contributed by atoms with Gasteiger partial charge in [-0.25, -0.2) is 0 Å². The van der Waals surface area contributed by atoms with E-state index in [-0.39, 0.29) is 12.0 Å². The minimum absolute atomic E-state index is 0.0661. The molecule has 2 aliphatic heterocycles. The van der Waals surface area contributed by atoms with Gasteiger partial charge in [-0.2, -0.15) is 0 Å². The highest BCUT2D eigenvalue weighted by Crippen LogP contribution is 2.44. The fraction of sp³-hybridized carbons (Fsp3) is 0.242. The Bertz CT molecular complexity index is 1750. The zero-order valence-electron chi connectivity index (χ0n) is 22.2. The Morgan fingerprint density at radius 3 is 2.17 bits per heavy atom. The van der Waals surface area contributed by atoms with Gasteiger partial charge in [0.2, 0.25) is 0 Å². The molecular weight excluding hydrogens is 500 g/mol. The number of nitrogens with two attached hydrogens (primary N) is 1. The summed E-state index contributed by atoms with van der Waals surface area (Å²) in [6.07, 6.45) is 3.74. The molecule has 1 amide bonds. The van der Waals surface area contributed by atoms with E-state index in [1.54, 1.807) is 4.90 Å². The number of ether oxygens (including phenoxy) is 1. The first-order valence-electron chi connectivity index (χ1n) is 13.9. The lowest BCUT2D eigenvalue weighted by Gasteiger charge is -2.22. The number of aliphatic hydroxyl groups excluding tert-OH is 1. The number of rotatable bonds is 3. The van der Waals surface area contributed by atoms with Gasteiger partial charge in [-0.05, 0) is 24.1 Å². The lowest BCUT2D eigenvalue weighted by atomic mass is 9.95. The largest absolute Gasteiger partial charge is 0.375 e. The number of amides is 1. The van der Waals surface area contributed by atoms with Crippen LogP contribution in [0.5, 0.6) is 0 Å². The van der Waals surface area contributed by atoms with E-state index in [9.17, 15) is 9.90 Å². The Kier molecular flexibility index (Phi) is 6.27. The summed E-state index contributed by atoms with van der Waals surface area (Å²) in [5.74, 6) is -0.169. The molecule has 2 aromatic heterocycles. The summed E-state index contributed by atoms with van der Waals surface area (Å²) in [7, 11) is 0. The molecule has 40 heavy (non-hydrogen) atoms. The number of carbonyl (C=O) groups is 1. The Morgan fingerprint density at radius 1 is 0.825 bits per heavy atom. The average Bonchev–Trinajstić information content (AvgIpc) is 3.61. The number of aliphatic hydroxyl groups is 1. The van der Waals surface area contributed by atoms with Crippen molar-refractivity contribution in [1.29, 1.82) is 0 Å². The van der Waals surface area contributed by atoms with Gasteiger partial charge in [-0.3, -0.25) is 4.79 Å². The van der Waals surface area contributed by atoms with Gasteiger partial charge in [-0.15, -0.1) is 0 Å². The smallest absolute Gasteiger partial charge is 0.257 e. The topological polar surface area (TPSA) is 85.6 Å². The van der Waals surface area contributed by atoms with Crippen LogP contribution in [-0.2, 0) is 29.2 Å². The highest BCUT2D eigenvalue weighted by molar-refractivity contribution is 6.33. The summed E-state index contributed by atoms with van der Waals surface area (Å²) in [5, 5.41) is 13.9. The molecule has 3 aromatic carbocycles. The lowest BCUT2D eigenvalue weighted by Crippen LogP contribution is -2.34. The fourth-order valence-corrected chi connectivity index (χ4v) is 6.27. The normalized spacial score (nSPS) is 19.9. The predicted octanol–water partition coefficient (Wildman–Crippen LogP) is 4.62. The van der Waals surface area contributed by atoms with Crippen LogP contribution < -0.4 is 5.73 Å². The van der Waals surface area contributed by atoms with Gasteiger partial charge >= 0.3 is 0 Å². The summed E-state index contributed by atoms with van der Waals surface area (Å²) < 4.78 is 10.6. The number of aryl methyl sites for hydroxylation is 1. The Morgan fingerprint density at radius 2 is 1.45 bits per heavy atom. The fourth-order valence-electron chi connectivity index (χ4n) is 6.27. The third-order valence-corrected chi connectivity index (χ3v) is 8.27. The van der Waals surface area contributed by atoms with E-state index in [0.29, 0.717) is 37.4 Å². The summed E-state index contributed by atoms with van der Waals surface area (Å²) >= 11 is 0. The molecule has 0 fully saturated rings. The maximum atomic E-state index is 14.3. The number of hydrogen-bond donors (Lipinski definition) is 2. The molecule has 2 atom stereocenters. The maximum Gasteiger partial charge on any atom is 0.257 e. The molecule has 7 heteroatoms. The Labute approximate surface area is 232 Å². The van der Waals surface area contributed by atoms with Crippen LogP contribution in [0.3, 0.4) is 0 Å². The van der Waals surface area contributed by atoms with Crippen molar-refractivity contribution in [3.8, 4) is 0 Å². The SMILES string of the molecule is NC[C@H]1CCn2cc(c3ccccc32)C2=C(C(=O)N(Cc3ccccc3)C2O)c2cn(c3ccccc23)CCO1. The second kappa shape index (κ2) is 10.1. The van der Waals surface area contributed by atoms with Crippen molar-refractivity contribution in [3.05, 3.63) is 108 Å². The van der Waals surface area contributed by atoms with Crippen LogP contribution in [-0.4, -0.2) is 50.5 Å². The van der Waals surface area contributed by atoms with Crippen molar-refractivity contribution in [3.63, 3.8) is 0 Å². The highest BCUT2D eigenvalue weighted by atomic mass is 16.5. The molecule has 4 heterocycles. The van der Waals surface area contributed by atoms with E-state index in [4.69, 9.17) is 10.5 Å². The second-order valence-electron chi connectivity index (χ2n) is 10.6. The third-order valence-electron chi connectivity index (χ3n) is 8.27. The lowest BCUT2D eigenvalue weighted by molar-refractivity contribution is -0.130. The van der Waals surface area contributed by atoms with Crippen molar-refractivity contribution in [1.82, 2.24) is 14.0 Å². The van der Waals surface area contributed by atoms with E-state index in [1.807, 2.05) is 60.8 Å². The van der Waals surface area contributed by atoms with Crippen LogP contribution in [0.1, 0.15) is 23.1 Å². The minimum atomic E-state index is -1.09. The van der Waals surface area contributed by atoms with Gasteiger partial charge in [0, 0.05) is 77.1 Å². The van der Waals surface area contributed by atoms with Crippen LogP contribution >= 0.6 is 0 Å². The van der Waals surface area contributed by atoms with Crippen LogP contribution in [0.25, 0.3) is 33.0 Å². The highest BCUT2D eigenvalue weighted by Gasteiger charge is 2.41. The third kappa shape index (κ3) is 4.05. The first-order chi connectivity index (χ1) is 19.6. The standard InChI is InChI=1S/C33H32N4O3/c34-18-23-14-15-35-20-26(24-10-4-6-12-28(24)35)30-31(33(39)37(32(30)38)19-22-8-2-1-3-9-22)27-21-36(16-17-40-23)29-13-7-5-11-25(27)29/h1-13,20-21,23,32,38H,14-19,34H2/t23-,32?/m1/s1. The number of hydrogen-bond acceptors (Lipinski definition) is 4. The van der Waals surface area contributed by atoms with E-state index in [1.165, 1.54) is 0 Å². The number of aromatic nitrogens is 2.